The molecule has 3 nitrogen and oxygen atoms in total. The van der Waals surface area contributed by atoms with E-state index in [2.05, 4.69) is 0 Å². The van der Waals surface area contributed by atoms with Gasteiger partial charge in [-0.25, -0.2) is 0 Å². The molecule has 0 radical (unpaired) electrons. The SMILES string of the molecule is O=C(O)CCc1ccc(Cc2ccccc2)o1. The first-order chi connectivity index (χ1) is 8.24. The van der Waals surface area contributed by atoms with Gasteiger partial charge in [-0.15, -0.1) is 0 Å². The minimum atomic E-state index is -0.800. The molecule has 2 rings (SSSR count). The van der Waals surface area contributed by atoms with Crippen LogP contribution in [0.15, 0.2) is 46.9 Å². The summed E-state index contributed by atoms with van der Waals surface area (Å²) >= 11 is 0. The van der Waals surface area contributed by atoms with Gasteiger partial charge in [0, 0.05) is 12.8 Å². The topological polar surface area (TPSA) is 50.4 Å². The van der Waals surface area contributed by atoms with Crippen LogP contribution < -0.4 is 0 Å². The van der Waals surface area contributed by atoms with E-state index in [0.717, 1.165) is 17.9 Å². The molecule has 0 fully saturated rings. The number of hydrogen-bond acceptors (Lipinski definition) is 2. The van der Waals surface area contributed by atoms with Crippen molar-refractivity contribution < 1.29 is 14.3 Å². The lowest BCUT2D eigenvalue weighted by molar-refractivity contribution is -0.137. The second kappa shape index (κ2) is 5.34. The average molecular weight is 230 g/mol. The molecule has 17 heavy (non-hydrogen) atoms. The molecule has 2 aromatic rings. The number of rotatable bonds is 5. The molecule has 1 aromatic carbocycles. The van der Waals surface area contributed by atoms with E-state index >= 15 is 0 Å². The summed E-state index contributed by atoms with van der Waals surface area (Å²) in [5.74, 6) is 0.806. The van der Waals surface area contributed by atoms with Gasteiger partial charge in [-0.2, -0.15) is 0 Å². The second-order valence-electron chi connectivity index (χ2n) is 3.92. The molecule has 0 bridgehead atoms. The fourth-order valence-electron chi connectivity index (χ4n) is 1.68. The van der Waals surface area contributed by atoms with Crippen LogP contribution in [0.4, 0.5) is 0 Å². The molecule has 0 unspecified atom stereocenters. The minimum Gasteiger partial charge on any atom is -0.481 e. The first-order valence-electron chi connectivity index (χ1n) is 5.57. The predicted molar refractivity (Wildman–Crippen MR) is 63.9 cm³/mol. The average Bonchev–Trinajstić information content (AvgIpc) is 2.75. The third-order valence-electron chi connectivity index (χ3n) is 2.52. The molecule has 0 amide bonds. The Morgan fingerprint density at radius 1 is 1.06 bits per heavy atom. The van der Waals surface area contributed by atoms with Gasteiger partial charge in [0.05, 0.1) is 6.42 Å². The highest BCUT2D eigenvalue weighted by molar-refractivity contribution is 5.66. The van der Waals surface area contributed by atoms with Gasteiger partial charge < -0.3 is 9.52 Å². The first kappa shape index (κ1) is 11.5. The zero-order valence-electron chi connectivity index (χ0n) is 9.43. The van der Waals surface area contributed by atoms with Crippen molar-refractivity contribution in [3.63, 3.8) is 0 Å². The minimum absolute atomic E-state index is 0.109. The van der Waals surface area contributed by atoms with Crippen molar-refractivity contribution >= 4 is 5.97 Å². The largest absolute Gasteiger partial charge is 0.481 e. The Labute approximate surface area is 99.7 Å². The number of carboxylic acid groups (broad SMARTS) is 1. The molecule has 1 aromatic heterocycles. The van der Waals surface area contributed by atoms with Crippen LogP contribution in [0, 0.1) is 0 Å². The van der Waals surface area contributed by atoms with E-state index in [-0.39, 0.29) is 6.42 Å². The lowest BCUT2D eigenvalue weighted by Crippen LogP contribution is -1.96. The summed E-state index contributed by atoms with van der Waals surface area (Å²) in [6.45, 7) is 0. The Hall–Kier alpha value is -2.03. The molecule has 0 atom stereocenters. The quantitative estimate of drug-likeness (QED) is 0.859. The van der Waals surface area contributed by atoms with Crippen LogP contribution in [0.1, 0.15) is 23.5 Å². The third-order valence-corrected chi connectivity index (χ3v) is 2.52. The standard InChI is InChI=1S/C14H14O3/c15-14(16)9-8-12-6-7-13(17-12)10-11-4-2-1-3-5-11/h1-7H,8-10H2,(H,15,16). The number of aryl methyl sites for hydroxylation is 1. The number of benzene rings is 1. The molecule has 0 spiro atoms. The molecule has 0 aliphatic rings. The van der Waals surface area contributed by atoms with Crippen molar-refractivity contribution in [2.24, 2.45) is 0 Å². The highest BCUT2D eigenvalue weighted by atomic mass is 16.4. The third kappa shape index (κ3) is 3.48. The van der Waals surface area contributed by atoms with E-state index in [1.807, 2.05) is 42.5 Å². The van der Waals surface area contributed by atoms with E-state index in [9.17, 15) is 4.79 Å². The number of carboxylic acids is 1. The van der Waals surface area contributed by atoms with Gasteiger partial charge >= 0.3 is 5.97 Å². The van der Waals surface area contributed by atoms with Crippen LogP contribution in [-0.2, 0) is 17.6 Å². The lowest BCUT2D eigenvalue weighted by Gasteiger charge is -1.97. The second-order valence-corrected chi connectivity index (χ2v) is 3.92. The normalized spacial score (nSPS) is 10.4. The number of furan rings is 1. The smallest absolute Gasteiger partial charge is 0.303 e. The fourth-order valence-corrected chi connectivity index (χ4v) is 1.68. The van der Waals surface area contributed by atoms with Gasteiger partial charge in [0.1, 0.15) is 11.5 Å². The maximum absolute atomic E-state index is 10.4. The fraction of sp³-hybridized carbons (Fsp3) is 0.214. The highest BCUT2D eigenvalue weighted by Crippen LogP contribution is 2.14. The van der Waals surface area contributed by atoms with Crippen LogP contribution >= 0.6 is 0 Å². The van der Waals surface area contributed by atoms with Crippen molar-refractivity contribution in [1.82, 2.24) is 0 Å². The summed E-state index contributed by atoms with van der Waals surface area (Å²) in [6.07, 6.45) is 1.30. The van der Waals surface area contributed by atoms with Gasteiger partial charge in [-0.05, 0) is 17.7 Å². The summed E-state index contributed by atoms with van der Waals surface area (Å²) in [4.78, 5) is 10.4. The number of hydrogen-bond donors (Lipinski definition) is 1. The van der Waals surface area contributed by atoms with E-state index in [4.69, 9.17) is 9.52 Å². The Morgan fingerprint density at radius 2 is 1.76 bits per heavy atom. The van der Waals surface area contributed by atoms with Crippen LogP contribution in [0.5, 0.6) is 0 Å². The zero-order chi connectivity index (χ0) is 12.1. The molecule has 0 saturated carbocycles. The summed E-state index contributed by atoms with van der Waals surface area (Å²) in [5, 5.41) is 8.58. The van der Waals surface area contributed by atoms with Crippen LogP contribution in [-0.4, -0.2) is 11.1 Å². The number of carbonyl (C=O) groups is 1. The molecule has 1 N–H and O–H groups in total. The molecule has 0 saturated heterocycles. The Bertz CT molecular complexity index is 485. The summed E-state index contributed by atoms with van der Waals surface area (Å²) < 4.78 is 5.57. The molecule has 3 heteroatoms. The Morgan fingerprint density at radius 3 is 2.47 bits per heavy atom. The predicted octanol–water partition coefficient (Wildman–Crippen LogP) is 2.89. The molecular formula is C14H14O3. The van der Waals surface area contributed by atoms with Gasteiger partial charge in [0.15, 0.2) is 0 Å². The van der Waals surface area contributed by atoms with Gasteiger partial charge in [0.2, 0.25) is 0 Å². The Balaban J connectivity index is 1.97. The molecule has 0 aliphatic heterocycles. The van der Waals surface area contributed by atoms with E-state index in [1.165, 1.54) is 5.56 Å². The lowest BCUT2D eigenvalue weighted by atomic mass is 10.1. The van der Waals surface area contributed by atoms with Gasteiger partial charge in [0.25, 0.3) is 0 Å². The van der Waals surface area contributed by atoms with Crippen LogP contribution in [0.25, 0.3) is 0 Å². The van der Waals surface area contributed by atoms with Gasteiger partial charge in [-0.3, -0.25) is 4.79 Å². The summed E-state index contributed by atoms with van der Waals surface area (Å²) in [6, 6.07) is 13.8. The monoisotopic (exact) mass is 230 g/mol. The molecule has 88 valence electrons. The molecule has 1 heterocycles. The van der Waals surface area contributed by atoms with Crippen molar-refractivity contribution in [3.05, 3.63) is 59.5 Å². The summed E-state index contributed by atoms with van der Waals surface area (Å²) in [7, 11) is 0. The van der Waals surface area contributed by atoms with Crippen molar-refractivity contribution in [3.8, 4) is 0 Å². The van der Waals surface area contributed by atoms with Crippen LogP contribution in [0.3, 0.4) is 0 Å². The maximum atomic E-state index is 10.4. The number of aliphatic carboxylic acids is 1. The van der Waals surface area contributed by atoms with Crippen molar-refractivity contribution in [2.75, 3.05) is 0 Å². The van der Waals surface area contributed by atoms with Crippen molar-refractivity contribution in [1.29, 1.82) is 0 Å². The van der Waals surface area contributed by atoms with E-state index in [1.54, 1.807) is 0 Å². The van der Waals surface area contributed by atoms with Crippen LogP contribution in [0.2, 0.25) is 0 Å². The van der Waals surface area contributed by atoms with E-state index < -0.39 is 5.97 Å². The maximum Gasteiger partial charge on any atom is 0.303 e. The van der Waals surface area contributed by atoms with E-state index in [0.29, 0.717) is 6.42 Å². The van der Waals surface area contributed by atoms with Crippen molar-refractivity contribution in [2.45, 2.75) is 19.3 Å². The zero-order valence-corrected chi connectivity index (χ0v) is 9.43. The molecule has 0 aliphatic carbocycles. The first-order valence-corrected chi connectivity index (χ1v) is 5.57. The molecular weight excluding hydrogens is 216 g/mol. The highest BCUT2D eigenvalue weighted by Gasteiger charge is 2.05. The Kier molecular flexibility index (Phi) is 3.60. The van der Waals surface area contributed by atoms with Gasteiger partial charge in [-0.1, -0.05) is 30.3 Å². The summed E-state index contributed by atoms with van der Waals surface area (Å²) in [5.41, 5.74) is 1.19.